The summed E-state index contributed by atoms with van der Waals surface area (Å²) in [5.74, 6) is 4.58. The molecular formula is C53H71FN6O6Si. The number of aromatic nitrogens is 3. The highest BCUT2D eigenvalue weighted by Crippen LogP contribution is 2.48. The van der Waals surface area contributed by atoms with Gasteiger partial charge >= 0.3 is 12.1 Å². The molecule has 2 atom stereocenters. The van der Waals surface area contributed by atoms with Crippen molar-refractivity contribution in [2.75, 3.05) is 58.1 Å². The lowest BCUT2D eigenvalue weighted by Gasteiger charge is -2.42. The average molecular weight is 935 g/mol. The number of hydrogen-bond donors (Lipinski definition) is 0. The molecule has 3 aliphatic heterocycles. The third-order valence-corrected chi connectivity index (χ3v) is 21.3. The van der Waals surface area contributed by atoms with E-state index in [4.69, 9.17) is 33.9 Å². The van der Waals surface area contributed by atoms with Gasteiger partial charge in [0.15, 0.2) is 12.6 Å². The molecule has 3 saturated heterocycles. The quantitative estimate of drug-likeness (QED) is 0.0490. The molecule has 4 aromatic rings. The predicted molar refractivity (Wildman–Crippen MR) is 265 cm³/mol. The van der Waals surface area contributed by atoms with Crippen LogP contribution in [0.2, 0.25) is 16.6 Å². The van der Waals surface area contributed by atoms with Crippen LogP contribution in [0.3, 0.4) is 0 Å². The van der Waals surface area contributed by atoms with Gasteiger partial charge < -0.3 is 33.5 Å². The maximum absolute atomic E-state index is 18.0. The smallest absolute Gasteiger partial charge is 0.410 e. The third-order valence-electron chi connectivity index (χ3n) is 15.0. The lowest BCUT2D eigenvalue weighted by Crippen LogP contribution is -2.57. The van der Waals surface area contributed by atoms with E-state index >= 15 is 4.39 Å². The second-order valence-electron chi connectivity index (χ2n) is 21.7. The molecule has 2 bridgehead atoms. The zero-order valence-corrected chi connectivity index (χ0v) is 42.4. The highest BCUT2D eigenvalue weighted by molar-refractivity contribution is 6.90. The van der Waals surface area contributed by atoms with Crippen molar-refractivity contribution in [2.45, 2.75) is 142 Å². The van der Waals surface area contributed by atoms with Crippen LogP contribution in [-0.2, 0) is 14.3 Å². The van der Waals surface area contributed by atoms with Crippen molar-refractivity contribution in [1.29, 1.82) is 0 Å². The number of likely N-dealkylation sites (tertiary alicyclic amines) is 1. The lowest BCUT2D eigenvalue weighted by molar-refractivity contribution is -0.109. The van der Waals surface area contributed by atoms with Crippen molar-refractivity contribution in [1.82, 2.24) is 24.8 Å². The number of carbonyl (C=O) groups excluding carboxylic acids is 2. The molecule has 1 aliphatic carbocycles. The fourth-order valence-electron chi connectivity index (χ4n) is 11.4. The molecular weight excluding hydrogens is 864 g/mol. The van der Waals surface area contributed by atoms with Gasteiger partial charge in [-0.05, 0) is 119 Å². The van der Waals surface area contributed by atoms with E-state index in [0.29, 0.717) is 71.2 Å². The van der Waals surface area contributed by atoms with E-state index in [0.717, 1.165) is 80.8 Å². The van der Waals surface area contributed by atoms with Gasteiger partial charge in [0, 0.05) is 61.3 Å². The number of piperidine rings is 1. The van der Waals surface area contributed by atoms with Crippen LogP contribution in [-0.4, -0.2) is 116 Å². The Morgan fingerprint density at radius 2 is 1.66 bits per heavy atom. The Labute approximate surface area is 397 Å². The first-order valence-electron chi connectivity index (χ1n) is 24.6. The van der Waals surface area contributed by atoms with Crippen LogP contribution >= 0.6 is 0 Å². The Hall–Kier alpha value is -4.84. The highest BCUT2D eigenvalue weighted by atomic mass is 28.3. The van der Waals surface area contributed by atoms with Crippen LogP contribution < -0.4 is 14.4 Å². The van der Waals surface area contributed by atoms with Crippen molar-refractivity contribution >= 4 is 47.9 Å². The molecule has 1 amide bonds. The van der Waals surface area contributed by atoms with E-state index in [1.807, 2.05) is 56.0 Å². The van der Waals surface area contributed by atoms with E-state index < -0.39 is 19.5 Å². The fourth-order valence-corrected chi connectivity index (χ4v) is 16.7. The molecule has 4 fully saturated rings. The number of amides is 1. The van der Waals surface area contributed by atoms with Crippen LogP contribution in [0.4, 0.5) is 15.0 Å². The van der Waals surface area contributed by atoms with Gasteiger partial charge in [-0.2, -0.15) is 9.97 Å². The summed E-state index contributed by atoms with van der Waals surface area (Å²) in [6.07, 6.45) is 8.79. The monoisotopic (exact) mass is 935 g/mol. The average Bonchev–Trinajstić information content (AvgIpc) is 3.99. The SMILES string of the molecule is COCOc1cc(-c2ncc3c(N4CC5CCC(C4)N5C(=O)OC(C)(C)C)nc(OCC4(CN5CCC(CC=O)CC5)CC4)nc3c2F)c2c(C#C[Si](C(C)C)(C(C)C)C(C)C)cccc2c1. The molecule has 0 N–H and O–H groups in total. The minimum absolute atomic E-state index is 0.0176. The number of fused-ring (bicyclic) bond motifs is 4. The number of aldehydes is 1. The summed E-state index contributed by atoms with van der Waals surface area (Å²) in [6, 6.07) is 9.69. The number of benzene rings is 2. The van der Waals surface area contributed by atoms with Crippen molar-refractivity contribution < 1.29 is 32.9 Å². The van der Waals surface area contributed by atoms with Crippen LogP contribution in [0.25, 0.3) is 32.9 Å². The van der Waals surface area contributed by atoms with Crippen LogP contribution in [0.1, 0.15) is 113 Å². The van der Waals surface area contributed by atoms with E-state index in [1.54, 1.807) is 13.3 Å². The van der Waals surface area contributed by atoms with Crippen molar-refractivity contribution in [3.05, 3.63) is 47.9 Å². The van der Waals surface area contributed by atoms with Gasteiger partial charge in [-0.25, -0.2) is 9.18 Å². The van der Waals surface area contributed by atoms with Crippen molar-refractivity contribution in [3.8, 4) is 34.5 Å². The number of ether oxygens (including phenoxy) is 4. The molecule has 4 aliphatic rings. The van der Waals surface area contributed by atoms with Gasteiger partial charge in [-0.1, -0.05) is 59.6 Å². The van der Waals surface area contributed by atoms with Gasteiger partial charge in [0.2, 0.25) is 0 Å². The number of piperazine rings is 1. The molecule has 8 rings (SSSR count). The normalized spacial score (nSPS) is 19.9. The van der Waals surface area contributed by atoms with Crippen LogP contribution in [0, 0.1) is 28.6 Å². The number of pyridine rings is 1. The summed E-state index contributed by atoms with van der Waals surface area (Å²) in [7, 11) is -0.564. The first-order valence-corrected chi connectivity index (χ1v) is 26.8. The summed E-state index contributed by atoms with van der Waals surface area (Å²) in [5.41, 5.74) is 6.11. The van der Waals surface area contributed by atoms with Gasteiger partial charge in [-0.3, -0.25) is 9.88 Å². The van der Waals surface area contributed by atoms with Gasteiger partial charge in [0.25, 0.3) is 0 Å². The van der Waals surface area contributed by atoms with E-state index in [1.165, 1.54) is 0 Å². The summed E-state index contributed by atoms with van der Waals surface area (Å²) in [5, 5.41) is 2.10. The summed E-state index contributed by atoms with van der Waals surface area (Å²) < 4.78 is 41.7. The Morgan fingerprint density at radius 1 is 0.970 bits per heavy atom. The maximum Gasteiger partial charge on any atom is 0.410 e. The second-order valence-corrected chi connectivity index (χ2v) is 27.3. The molecule has 12 nitrogen and oxygen atoms in total. The second kappa shape index (κ2) is 19.6. The van der Waals surface area contributed by atoms with Crippen LogP contribution in [0.5, 0.6) is 11.8 Å². The molecule has 67 heavy (non-hydrogen) atoms. The molecule has 2 unspecified atom stereocenters. The predicted octanol–water partition coefficient (Wildman–Crippen LogP) is 10.6. The Balaban J connectivity index is 1.22. The summed E-state index contributed by atoms with van der Waals surface area (Å²) >= 11 is 0. The van der Waals surface area contributed by atoms with Gasteiger partial charge in [-0.15, -0.1) is 5.54 Å². The number of halogens is 1. The first-order chi connectivity index (χ1) is 32.0. The molecule has 14 heteroatoms. The third kappa shape index (κ3) is 10.2. The van der Waals surface area contributed by atoms with Crippen molar-refractivity contribution in [3.63, 3.8) is 0 Å². The topological polar surface area (TPSA) is 119 Å². The van der Waals surface area contributed by atoms with Gasteiger partial charge in [0.05, 0.1) is 24.1 Å². The molecule has 1 saturated carbocycles. The molecule has 5 heterocycles. The number of carbonyl (C=O) groups is 2. The standard InChI is InChI=1S/C53H71FN6O6Si/c1-34(2)67(35(3)4,36(5)6)25-19-38-12-11-13-39-26-42(65-33-63-10)27-43(45(38)39)47-46(54)48-44(28-55-47)49(59-29-40-14-15-41(30-59)60(40)51(62)66-52(7,8)9)57-50(56-48)64-32-53(20-21-53)31-58-22-16-37(17-23-58)18-24-61/h11-13,24,26-28,34-37,40-41H,14-18,20-23,29-33H2,1-10H3. The highest BCUT2D eigenvalue weighted by Gasteiger charge is 2.47. The number of nitrogens with zero attached hydrogens (tertiary/aromatic N) is 6. The lowest BCUT2D eigenvalue weighted by atomic mass is 9.93. The summed E-state index contributed by atoms with van der Waals surface area (Å²) in [6.45, 7) is 23.7. The maximum atomic E-state index is 18.0. The minimum Gasteiger partial charge on any atom is -0.468 e. The van der Waals surface area contributed by atoms with E-state index in [9.17, 15) is 9.59 Å². The Kier molecular flexibility index (Phi) is 14.2. The molecule has 0 spiro atoms. The largest absolute Gasteiger partial charge is 0.468 e. The number of anilines is 1. The van der Waals surface area contributed by atoms with E-state index in [2.05, 4.69) is 62.8 Å². The zero-order chi connectivity index (χ0) is 47.8. The number of methoxy groups -OCH3 is 1. The molecule has 360 valence electrons. The van der Waals surface area contributed by atoms with Crippen molar-refractivity contribution in [2.24, 2.45) is 11.3 Å². The summed E-state index contributed by atoms with van der Waals surface area (Å²) in [4.78, 5) is 46.1. The molecule has 2 aromatic heterocycles. The first kappa shape index (κ1) is 48.6. The fraction of sp³-hybridized carbons (Fsp3) is 0.604. The number of hydrogen-bond acceptors (Lipinski definition) is 11. The zero-order valence-electron chi connectivity index (χ0n) is 41.4. The minimum atomic E-state index is -2.13. The Bertz CT molecular complexity index is 2490. The molecule has 2 aromatic carbocycles. The Morgan fingerprint density at radius 3 is 2.27 bits per heavy atom. The van der Waals surface area contributed by atoms with Crippen LogP contribution in [0.15, 0.2) is 36.5 Å². The molecule has 0 radical (unpaired) electrons. The van der Waals surface area contributed by atoms with E-state index in [-0.39, 0.29) is 47.6 Å². The number of rotatable bonds is 15. The van der Waals surface area contributed by atoms with Gasteiger partial charge in [0.1, 0.15) is 42.7 Å².